The highest BCUT2D eigenvalue weighted by molar-refractivity contribution is 6.09. The van der Waals surface area contributed by atoms with Gasteiger partial charge in [0.05, 0.1) is 7.11 Å². The summed E-state index contributed by atoms with van der Waals surface area (Å²) in [5, 5.41) is 2.06. The predicted octanol–water partition coefficient (Wildman–Crippen LogP) is 2.83. The van der Waals surface area contributed by atoms with Crippen molar-refractivity contribution in [2.75, 3.05) is 7.11 Å². The van der Waals surface area contributed by atoms with Crippen LogP contribution >= 0.6 is 0 Å². The first-order valence-corrected chi connectivity index (χ1v) is 5.74. The number of fused-ring (bicyclic) bond motifs is 1. The molecule has 92 valence electrons. The van der Waals surface area contributed by atoms with Gasteiger partial charge in [0.1, 0.15) is 5.92 Å². The quantitative estimate of drug-likeness (QED) is 0.472. The van der Waals surface area contributed by atoms with E-state index in [9.17, 15) is 9.59 Å². The molecule has 0 aliphatic heterocycles. The van der Waals surface area contributed by atoms with Crippen molar-refractivity contribution >= 4 is 22.5 Å². The van der Waals surface area contributed by atoms with Crippen LogP contribution in [0.5, 0.6) is 0 Å². The van der Waals surface area contributed by atoms with Crippen molar-refractivity contribution < 1.29 is 14.3 Å². The number of esters is 1. The Kier molecular flexibility index (Phi) is 3.42. The van der Waals surface area contributed by atoms with Crippen LogP contribution in [-0.2, 0) is 9.53 Å². The van der Waals surface area contributed by atoms with Crippen LogP contribution in [0.2, 0.25) is 0 Å². The van der Waals surface area contributed by atoms with Crippen molar-refractivity contribution in [3.63, 3.8) is 0 Å². The number of carbonyl (C=O) groups excluding carboxylic acids is 2. The predicted molar refractivity (Wildman–Crippen MR) is 69.5 cm³/mol. The molecule has 1 unspecified atom stereocenters. The van der Waals surface area contributed by atoms with Gasteiger partial charge in [-0.25, -0.2) is 0 Å². The average Bonchev–Trinajstić information content (AvgIpc) is 2.44. The highest BCUT2D eigenvalue weighted by Crippen LogP contribution is 2.18. The van der Waals surface area contributed by atoms with Gasteiger partial charge >= 0.3 is 5.97 Å². The van der Waals surface area contributed by atoms with E-state index >= 15 is 0 Å². The maximum atomic E-state index is 12.1. The largest absolute Gasteiger partial charge is 0.468 e. The number of hydrogen-bond donors (Lipinski definition) is 0. The van der Waals surface area contributed by atoms with E-state index in [1.165, 1.54) is 7.11 Å². The maximum absolute atomic E-state index is 12.1. The van der Waals surface area contributed by atoms with Crippen LogP contribution in [0.3, 0.4) is 0 Å². The second-order valence-electron chi connectivity index (χ2n) is 4.17. The van der Waals surface area contributed by atoms with E-state index in [0.29, 0.717) is 5.56 Å². The van der Waals surface area contributed by atoms with E-state index in [-0.39, 0.29) is 5.78 Å². The smallest absolute Gasteiger partial charge is 0.316 e. The van der Waals surface area contributed by atoms with Crippen molar-refractivity contribution in [3.8, 4) is 0 Å². The SMILES string of the molecule is COC(=O)C(C)C(=O)c1ccc2ccccc2c1. The minimum absolute atomic E-state index is 0.215. The lowest BCUT2D eigenvalue weighted by Gasteiger charge is -2.08. The van der Waals surface area contributed by atoms with E-state index in [0.717, 1.165) is 10.8 Å². The molecule has 18 heavy (non-hydrogen) atoms. The second kappa shape index (κ2) is 5.00. The zero-order valence-electron chi connectivity index (χ0n) is 10.3. The summed E-state index contributed by atoms with van der Waals surface area (Å²) in [6.07, 6.45) is 0. The van der Waals surface area contributed by atoms with Crippen LogP contribution in [0.1, 0.15) is 17.3 Å². The number of Topliss-reactive ketones (excluding diaryl/α,β-unsaturated/α-hetero) is 1. The first-order valence-electron chi connectivity index (χ1n) is 5.74. The Morgan fingerprint density at radius 2 is 1.72 bits per heavy atom. The number of carbonyl (C=O) groups is 2. The molecule has 0 aromatic heterocycles. The fourth-order valence-corrected chi connectivity index (χ4v) is 1.88. The lowest BCUT2D eigenvalue weighted by atomic mass is 9.97. The Bertz CT molecular complexity index is 601. The molecule has 0 amide bonds. The minimum atomic E-state index is -0.767. The Labute approximate surface area is 105 Å². The maximum Gasteiger partial charge on any atom is 0.316 e. The van der Waals surface area contributed by atoms with Gasteiger partial charge in [-0.15, -0.1) is 0 Å². The first-order chi connectivity index (χ1) is 8.63. The molecule has 0 fully saturated rings. The highest BCUT2D eigenvalue weighted by Gasteiger charge is 2.23. The van der Waals surface area contributed by atoms with Crippen molar-refractivity contribution in [1.29, 1.82) is 0 Å². The molecule has 3 nitrogen and oxygen atoms in total. The van der Waals surface area contributed by atoms with E-state index in [4.69, 9.17) is 0 Å². The van der Waals surface area contributed by atoms with Crippen molar-refractivity contribution in [2.45, 2.75) is 6.92 Å². The molecule has 0 N–H and O–H groups in total. The average molecular weight is 242 g/mol. The third-order valence-electron chi connectivity index (χ3n) is 2.98. The monoisotopic (exact) mass is 242 g/mol. The van der Waals surface area contributed by atoms with Gasteiger partial charge in [-0.3, -0.25) is 9.59 Å². The van der Waals surface area contributed by atoms with E-state index in [2.05, 4.69) is 4.74 Å². The van der Waals surface area contributed by atoms with Gasteiger partial charge in [0, 0.05) is 5.56 Å². The van der Waals surface area contributed by atoms with Crippen molar-refractivity contribution in [3.05, 3.63) is 48.0 Å². The summed E-state index contributed by atoms with van der Waals surface area (Å²) in [6.45, 7) is 1.56. The number of ketones is 1. The topological polar surface area (TPSA) is 43.4 Å². The summed E-state index contributed by atoms with van der Waals surface area (Å²) in [4.78, 5) is 23.4. The summed E-state index contributed by atoms with van der Waals surface area (Å²) >= 11 is 0. The Morgan fingerprint density at radius 3 is 2.39 bits per heavy atom. The summed E-state index contributed by atoms with van der Waals surface area (Å²) in [5.74, 6) is -1.49. The standard InChI is InChI=1S/C15H14O3/c1-10(15(17)18-2)14(16)13-8-7-11-5-3-4-6-12(11)9-13/h3-10H,1-2H3. The number of rotatable bonds is 3. The number of benzene rings is 2. The van der Waals surface area contributed by atoms with Crippen LogP contribution in [0, 0.1) is 5.92 Å². The molecule has 0 aliphatic carbocycles. The molecule has 2 rings (SSSR count). The molecule has 2 aromatic carbocycles. The van der Waals surface area contributed by atoms with Gasteiger partial charge in [-0.05, 0) is 23.8 Å². The molecule has 1 atom stereocenters. The van der Waals surface area contributed by atoms with E-state index < -0.39 is 11.9 Å². The van der Waals surface area contributed by atoms with Crippen molar-refractivity contribution in [1.82, 2.24) is 0 Å². The molecule has 0 saturated carbocycles. The molecule has 0 radical (unpaired) electrons. The molecule has 0 heterocycles. The lowest BCUT2D eigenvalue weighted by molar-refractivity contribution is -0.143. The second-order valence-corrected chi connectivity index (χ2v) is 4.17. The van der Waals surface area contributed by atoms with Crippen LogP contribution in [0.4, 0.5) is 0 Å². The van der Waals surface area contributed by atoms with Crippen LogP contribution in [0.15, 0.2) is 42.5 Å². The van der Waals surface area contributed by atoms with Gasteiger partial charge in [-0.1, -0.05) is 36.4 Å². The Morgan fingerprint density at radius 1 is 1.06 bits per heavy atom. The fourth-order valence-electron chi connectivity index (χ4n) is 1.88. The van der Waals surface area contributed by atoms with Gasteiger partial charge in [0.25, 0.3) is 0 Å². The molecule has 2 aromatic rings. The lowest BCUT2D eigenvalue weighted by Crippen LogP contribution is -2.22. The van der Waals surface area contributed by atoms with Gasteiger partial charge in [-0.2, -0.15) is 0 Å². The summed E-state index contributed by atoms with van der Waals surface area (Å²) < 4.78 is 4.58. The van der Waals surface area contributed by atoms with Gasteiger partial charge in [0.15, 0.2) is 5.78 Å². The molecule has 0 aliphatic rings. The van der Waals surface area contributed by atoms with E-state index in [1.54, 1.807) is 19.1 Å². The summed E-state index contributed by atoms with van der Waals surface area (Å²) in [5.41, 5.74) is 0.534. The molecular formula is C15H14O3. The molecular weight excluding hydrogens is 228 g/mol. The zero-order chi connectivity index (χ0) is 13.1. The number of methoxy groups -OCH3 is 1. The van der Waals surface area contributed by atoms with Crippen molar-refractivity contribution in [2.24, 2.45) is 5.92 Å². The van der Waals surface area contributed by atoms with Crippen LogP contribution < -0.4 is 0 Å². The third-order valence-corrected chi connectivity index (χ3v) is 2.98. The van der Waals surface area contributed by atoms with Crippen LogP contribution in [-0.4, -0.2) is 18.9 Å². The third kappa shape index (κ3) is 2.25. The molecule has 3 heteroatoms. The zero-order valence-corrected chi connectivity index (χ0v) is 10.3. The highest BCUT2D eigenvalue weighted by atomic mass is 16.5. The van der Waals surface area contributed by atoms with Crippen LogP contribution in [0.25, 0.3) is 10.8 Å². The number of ether oxygens (including phenoxy) is 1. The van der Waals surface area contributed by atoms with Gasteiger partial charge < -0.3 is 4.74 Å². The summed E-state index contributed by atoms with van der Waals surface area (Å²) in [7, 11) is 1.28. The minimum Gasteiger partial charge on any atom is -0.468 e. The molecule has 0 saturated heterocycles. The molecule has 0 bridgehead atoms. The van der Waals surface area contributed by atoms with E-state index in [1.807, 2.05) is 30.3 Å². The molecule has 0 spiro atoms. The first kappa shape index (κ1) is 12.3. The number of hydrogen-bond acceptors (Lipinski definition) is 3. The fraction of sp³-hybridized carbons (Fsp3) is 0.200. The normalized spacial score (nSPS) is 12.1. The Balaban J connectivity index is 2.36. The van der Waals surface area contributed by atoms with Gasteiger partial charge in [0.2, 0.25) is 0 Å². The summed E-state index contributed by atoms with van der Waals surface area (Å²) in [6, 6.07) is 13.2. The Hall–Kier alpha value is -2.16.